The van der Waals surface area contributed by atoms with E-state index in [1.165, 1.54) is 0 Å². The Labute approximate surface area is 250 Å². The van der Waals surface area contributed by atoms with E-state index in [2.05, 4.69) is 35.1 Å². The molecule has 0 fully saturated rings. The lowest BCUT2D eigenvalue weighted by atomic mass is 9.98. The number of alkyl halides is 2. The van der Waals surface area contributed by atoms with Crippen LogP contribution in [-0.2, 0) is 13.0 Å². The number of nitrogens with one attached hydrogen (secondary N) is 1. The molecule has 2 aromatic heterocycles. The normalized spacial score (nSPS) is 12.9. The van der Waals surface area contributed by atoms with E-state index in [1.807, 2.05) is 67.6 Å². The monoisotopic (exact) mass is 636 g/mol. The number of nitrogens with zero attached hydrogens (tertiary/aromatic N) is 3. The van der Waals surface area contributed by atoms with Gasteiger partial charge >= 0.3 is 6.61 Å². The molecule has 1 aliphatic rings. The molecule has 6 rings (SSSR count). The van der Waals surface area contributed by atoms with Gasteiger partial charge in [0.2, 0.25) is 0 Å². The van der Waals surface area contributed by atoms with Crippen LogP contribution in [0.2, 0.25) is 0 Å². The predicted molar refractivity (Wildman–Crippen MR) is 164 cm³/mol. The molecular formula is C31H27BrF2N4O2S. The number of thiocarbonyl (C=S) groups is 1. The number of ether oxygens (including phenoxy) is 2. The number of anilines is 1. The molecule has 1 aliphatic heterocycles. The Bertz CT molecular complexity index is 1700. The first-order chi connectivity index (χ1) is 19.9. The minimum absolute atomic E-state index is 0.108. The zero-order valence-electron chi connectivity index (χ0n) is 22.2. The first-order valence-electron chi connectivity index (χ1n) is 13.4. The Balaban J connectivity index is 1.55. The largest absolute Gasteiger partial charge is 0.494 e. The van der Waals surface area contributed by atoms with Crippen molar-refractivity contribution < 1.29 is 18.3 Å². The van der Waals surface area contributed by atoms with E-state index in [0.29, 0.717) is 11.6 Å². The summed E-state index contributed by atoms with van der Waals surface area (Å²) in [4.78, 5) is 0.525. The fourth-order valence-electron chi connectivity index (χ4n) is 5.35. The second kappa shape index (κ2) is 11.6. The van der Waals surface area contributed by atoms with Crippen LogP contribution in [0.4, 0.5) is 14.5 Å². The van der Waals surface area contributed by atoms with Crippen molar-refractivity contribution in [2.75, 3.05) is 11.9 Å². The average molecular weight is 638 g/mol. The zero-order chi connectivity index (χ0) is 28.5. The predicted octanol–water partition coefficient (Wildman–Crippen LogP) is 8.36. The molecule has 0 amide bonds. The lowest BCUT2D eigenvalue weighted by Crippen LogP contribution is -2.15. The summed E-state index contributed by atoms with van der Waals surface area (Å²) in [6.07, 6.45) is 2.83. The van der Waals surface area contributed by atoms with E-state index in [-0.39, 0.29) is 5.75 Å². The van der Waals surface area contributed by atoms with Gasteiger partial charge in [0.05, 0.1) is 12.3 Å². The summed E-state index contributed by atoms with van der Waals surface area (Å²) >= 11 is 9.64. The molecule has 0 radical (unpaired) electrons. The van der Waals surface area contributed by atoms with E-state index in [9.17, 15) is 8.78 Å². The maximum absolute atomic E-state index is 12.9. The van der Waals surface area contributed by atoms with Crippen LogP contribution in [0.1, 0.15) is 31.0 Å². The van der Waals surface area contributed by atoms with Gasteiger partial charge < -0.3 is 14.8 Å². The lowest BCUT2D eigenvalue weighted by Gasteiger charge is -2.14. The standard InChI is InChI=1S/C31H27BrF2N4O2S/c1-2-39-23-16-12-22(13-17-23)35-29(41)27-26(19-8-14-24(15-9-19)40-31(33)34)25-5-3-4-18-37-30(25)38(27)28(36-37)20-6-10-21(32)11-7-20/h6-17,31H,2-5,18H2,1H3,(H,35,41). The summed E-state index contributed by atoms with van der Waals surface area (Å²) in [5.74, 6) is 1.67. The van der Waals surface area contributed by atoms with Crippen molar-refractivity contribution in [3.05, 3.63) is 88.5 Å². The van der Waals surface area contributed by atoms with Crippen molar-refractivity contribution in [3.63, 3.8) is 0 Å². The zero-order valence-corrected chi connectivity index (χ0v) is 24.6. The van der Waals surface area contributed by atoms with Crippen LogP contribution in [0.3, 0.4) is 0 Å². The van der Waals surface area contributed by atoms with Crippen molar-refractivity contribution in [2.45, 2.75) is 39.3 Å². The van der Waals surface area contributed by atoms with Crippen molar-refractivity contribution in [1.29, 1.82) is 0 Å². The van der Waals surface area contributed by atoms with Crippen molar-refractivity contribution in [1.82, 2.24) is 14.2 Å². The van der Waals surface area contributed by atoms with Crippen LogP contribution in [0, 0.1) is 0 Å². The summed E-state index contributed by atoms with van der Waals surface area (Å²) in [6, 6.07) is 22.5. The smallest absolute Gasteiger partial charge is 0.387 e. The summed E-state index contributed by atoms with van der Waals surface area (Å²) in [7, 11) is 0. The first kappa shape index (κ1) is 27.4. The third kappa shape index (κ3) is 5.46. The van der Waals surface area contributed by atoms with E-state index >= 15 is 0 Å². The highest BCUT2D eigenvalue weighted by atomic mass is 79.9. The van der Waals surface area contributed by atoms with Crippen LogP contribution >= 0.6 is 28.1 Å². The van der Waals surface area contributed by atoms with Crippen molar-refractivity contribution in [2.24, 2.45) is 0 Å². The second-order valence-electron chi connectivity index (χ2n) is 9.69. The topological polar surface area (TPSA) is 52.7 Å². The number of hydrogen-bond acceptors (Lipinski definition) is 4. The molecule has 41 heavy (non-hydrogen) atoms. The summed E-state index contributed by atoms with van der Waals surface area (Å²) in [6.45, 7) is 0.436. The maximum atomic E-state index is 12.9. The number of hydrogen-bond donors (Lipinski definition) is 1. The number of halogens is 3. The molecule has 6 nitrogen and oxygen atoms in total. The first-order valence-corrected chi connectivity index (χ1v) is 14.6. The lowest BCUT2D eigenvalue weighted by molar-refractivity contribution is -0.0498. The van der Waals surface area contributed by atoms with E-state index in [4.69, 9.17) is 22.1 Å². The molecule has 0 saturated heterocycles. The Morgan fingerprint density at radius 1 is 0.976 bits per heavy atom. The van der Waals surface area contributed by atoms with Crippen LogP contribution in [0.25, 0.3) is 28.2 Å². The van der Waals surface area contributed by atoms with Crippen molar-refractivity contribution in [3.8, 4) is 34.0 Å². The molecule has 0 aliphatic carbocycles. The molecule has 3 heterocycles. The van der Waals surface area contributed by atoms with Gasteiger partial charge in [0.1, 0.15) is 22.1 Å². The van der Waals surface area contributed by atoms with Gasteiger partial charge in [0.25, 0.3) is 0 Å². The molecule has 0 unspecified atom stereocenters. The third-order valence-corrected chi connectivity index (χ3v) is 7.90. The molecule has 0 atom stereocenters. The molecule has 210 valence electrons. The summed E-state index contributed by atoms with van der Waals surface area (Å²) in [5.41, 5.74) is 6.53. The van der Waals surface area contributed by atoms with E-state index in [0.717, 1.165) is 81.1 Å². The Kier molecular flexibility index (Phi) is 7.77. The summed E-state index contributed by atoms with van der Waals surface area (Å²) < 4.78 is 41.1. The molecule has 10 heteroatoms. The van der Waals surface area contributed by atoms with Gasteiger partial charge in [0, 0.05) is 33.4 Å². The van der Waals surface area contributed by atoms with Crippen LogP contribution in [0.15, 0.2) is 77.3 Å². The van der Waals surface area contributed by atoms with Crippen molar-refractivity contribution >= 4 is 44.5 Å². The van der Waals surface area contributed by atoms with Gasteiger partial charge in [-0.3, -0.25) is 4.40 Å². The van der Waals surface area contributed by atoms with Gasteiger partial charge in [-0.2, -0.15) is 13.9 Å². The number of rotatable bonds is 8. The molecule has 3 aromatic carbocycles. The minimum Gasteiger partial charge on any atom is -0.494 e. The third-order valence-electron chi connectivity index (χ3n) is 7.07. The average Bonchev–Trinajstić information content (AvgIpc) is 3.40. The van der Waals surface area contributed by atoms with Gasteiger partial charge in [-0.1, -0.05) is 52.4 Å². The fraction of sp³-hybridized carbons (Fsp3) is 0.226. The summed E-state index contributed by atoms with van der Waals surface area (Å²) in [5, 5.41) is 8.49. The number of benzene rings is 3. The Morgan fingerprint density at radius 3 is 2.34 bits per heavy atom. The molecule has 1 N–H and O–H groups in total. The SMILES string of the molecule is CCOc1ccc(NC(=S)c2c(-c3ccc(OC(F)F)cc3)c3c4n(nc(-c5ccc(Br)cc5)n24)CCCC3)cc1. The molecule has 0 bridgehead atoms. The molecule has 0 saturated carbocycles. The minimum atomic E-state index is -2.89. The molecule has 5 aromatic rings. The van der Waals surface area contributed by atoms with Crippen LogP contribution < -0.4 is 14.8 Å². The van der Waals surface area contributed by atoms with Gasteiger partial charge in [-0.05, 0) is 80.3 Å². The molecule has 0 spiro atoms. The van der Waals surface area contributed by atoms with Crippen LogP contribution in [-0.4, -0.2) is 32.4 Å². The quantitative estimate of drug-likeness (QED) is 0.173. The van der Waals surface area contributed by atoms with E-state index in [1.54, 1.807) is 12.1 Å². The van der Waals surface area contributed by atoms with Gasteiger partial charge in [-0.25, -0.2) is 4.68 Å². The fourth-order valence-corrected chi connectivity index (χ4v) is 5.93. The van der Waals surface area contributed by atoms with Crippen LogP contribution in [0.5, 0.6) is 11.5 Å². The maximum Gasteiger partial charge on any atom is 0.387 e. The second-order valence-corrected chi connectivity index (χ2v) is 11.0. The highest BCUT2D eigenvalue weighted by Gasteiger charge is 2.30. The highest BCUT2D eigenvalue weighted by molar-refractivity contribution is 9.10. The Morgan fingerprint density at radius 2 is 1.66 bits per heavy atom. The highest BCUT2D eigenvalue weighted by Crippen LogP contribution is 2.40. The van der Waals surface area contributed by atoms with Gasteiger partial charge in [-0.15, -0.1) is 0 Å². The van der Waals surface area contributed by atoms with E-state index < -0.39 is 6.61 Å². The molecular weight excluding hydrogens is 610 g/mol. The Hall–Kier alpha value is -3.76. The number of aromatic nitrogens is 3. The number of aryl methyl sites for hydroxylation is 2. The van der Waals surface area contributed by atoms with Gasteiger partial charge in [0.15, 0.2) is 5.82 Å².